The van der Waals surface area contributed by atoms with Crippen LogP contribution in [-0.2, 0) is 19.1 Å². The fourth-order valence-electron chi connectivity index (χ4n) is 1.43. The molecule has 4 nitrogen and oxygen atoms in total. The number of alkyl halides is 9. The van der Waals surface area contributed by atoms with E-state index in [1.165, 1.54) is 0 Å². The number of carbonyl (C=O) groups excluding carboxylic acids is 2. The van der Waals surface area contributed by atoms with E-state index in [-0.39, 0.29) is 12.5 Å². The van der Waals surface area contributed by atoms with Gasteiger partial charge in [-0.15, -0.1) is 0 Å². The van der Waals surface area contributed by atoms with E-state index in [4.69, 9.17) is 0 Å². The molecule has 0 aromatic heterocycles. The third-order valence-electron chi connectivity index (χ3n) is 2.98. The summed E-state index contributed by atoms with van der Waals surface area (Å²) >= 11 is 0. The summed E-state index contributed by atoms with van der Waals surface area (Å²) in [6.45, 7) is 3.20. The normalized spacial score (nSPS) is 14.5. The van der Waals surface area contributed by atoms with E-state index in [0.717, 1.165) is 6.92 Å². The zero-order valence-corrected chi connectivity index (χ0v) is 13.9. The quantitative estimate of drug-likeness (QED) is 0.319. The molecule has 0 aliphatic carbocycles. The summed E-state index contributed by atoms with van der Waals surface area (Å²) in [5.74, 6) is -19.6. The van der Waals surface area contributed by atoms with Gasteiger partial charge in [0.15, 0.2) is 0 Å². The summed E-state index contributed by atoms with van der Waals surface area (Å²) < 4.78 is 123. The van der Waals surface area contributed by atoms with Gasteiger partial charge in [-0.1, -0.05) is 6.58 Å². The minimum Gasteiger partial charge on any atom is -0.458 e. The van der Waals surface area contributed by atoms with Crippen molar-refractivity contribution in [3.8, 4) is 0 Å². The van der Waals surface area contributed by atoms with Crippen molar-refractivity contribution in [2.75, 3.05) is 6.61 Å². The molecular weight excluding hydrogens is 403 g/mol. The maximum Gasteiger partial charge on any atom is 0.459 e. The van der Waals surface area contributed by atoms with Crippen LogP contribution >= 0.6 is 0 Å². The van der Waals surface area contributed by atoms with Crippen LogP contribution in [0.4, 0.5) is 39.5 Å². The third-order valence-corrected chi connectivity index (χ3v) is 2.98. The van der Waals surface area contributed by atoms with E-state index in [9.17, 15) is 49.1 Å². The minimum absolute atomic E-state index is 0.0682. The number of rotatable bonds is 9. The lowest BCUT2D eigenvalue weighted by Gasteiger charge is -2.29. The van der Waals surface area contributed by atoms with E-state index in [1.807, 2.05) is 0 Å². The highest BCUT2D eigenvalue weighted by molar-refractivity contribution is 5.86. The molecule has 27 heavy (non-hydrogen) atoms. The maximum atomic E-state index is 13.3. The Morgan fingerprint density at radius 3 is 1.85 bits per heavy atom. The summed E-state index contributed by atoms with van der Waals surface area (Å²) in [7, 11) is 0. The Bertz CT molecular complexity index is 564. The maximum absolute atomic E-state index is 13.3. The largest absolute Gasteiger partial charge is 0.459 e. The number of halogens is 9. The fraction of sp³-hybridized carbons (Fsp3) is 0.714. The zero-order valence-electron chi connectivity index (χ0n) is 13.9. The zero-order chi connectivity index (χ0) is 21.8. The molecule has 0 spiro atoms. The van der Waals surface area contributed by atoms with Gasteiger partial charge < -0.3 is 9.47 Å². The van der Waals surface area contributed by atoms with Gasteiger partial charge in [-0.2, -0.15) is 39.5 Å². The predicted octanol–water partition coefficient (Wildman–Crippen LogP) is 4.29. The molecule has 0 saturated carbocycles. The second kappa shape index (κ2) is 8.38. The van der Waals surface area contributed by atoms with Gasteiger partial charge >= 0.3 is 35.9 Å². The molecule has 0 aliphatic heterocycles. The fourth-order valence-corrected chi connectivity index (χ4v) is 1.43. The molecule has 0 amide bonds. The van der Waals surface area contributed by atoms with E-state index >= 15 is 0 Å². The average Bonchev–Trinajstić information content (AvgIpc) is 2.46. The number of hydrogen-bond donors (Lipinski definition) is 0. The van der Waals surface area contributed by atoms with Crippen molar-refractivity contribution in [1.82, 2.24) is 0 Å². The molecule has 0 aliphatic rings. The molecule has 0 saturated heterocycles. The second-order valence-electron chi connectivity index (χ2n) is 5.61. The van der Waals surface area contributed by atoms with Gasteiger partial charge in [-0.3, -0.25) is 0 Å². The van der Waals surface area contributed by atoms with Crippen molar-refractivity contribution in [3.05, 3.63) is 12.2 Å². The van der Waals surface area contributed by atoms with E-state index in [0.29, 0.717) is 0 Å². The van der Waals surface area contributed by atoms with Gasteiger partial charge in [0, 0.05) is 18.9 Å². The summed E-state index contributed by atoms with van der Waals surface area (Å²) in [4.78, 5) is 22.3. The SMILES string of the molecule is C=C(C)C(=O)OCC(CCC(F)(F)C(F)(F)C(F)(F)F)OC(=O)C(C)(F)F. The Morgan fingerprint density at radius 2 is 1.48 bits per heavy atom. The Labute approximate surface area is 147 Å². The Balaban J connectivity index is 5.26. The van der Waals surface area contributed by atoms with Crippen molar-refractivity contribution in [2.45, 2.75) is 56.7 Å². The van der Waals surface area contributed by atoms with Crippen LogP contribution in [0, 0.1) is 0 Å². The molecule has 0 aromatic rings. The van der Waals surface area contributed by atoms with Crippen molar-refractivity contribution in [1.29, 1.82) is 0 Å². The van der Waals surface area contributed by atoms with Crippen molar-refractivity contribution in [3.63, 3.8) is 0 Å². The molecule has 0 aromatic carbocycles. The molecule has 0 bridgehead atoms. The van der Waals surface area contributed by atoms with Crippen LogP contribution in [-0.4, -0.2) is 48.6 Å². The molecule has 1 atom stereocenters. The molecular formula is C14H15F9O4. The summed E-state index contributed by atoms with van der Waals surface area (Å²) in [6, 6.07) is 0. The summed E-state index contributed by atoms with van der Waals surface area (Å²) in [5.41, 5.74) is -0.227. The number of ether oxygens (including phenoxy) is 2. The highest BCUT2D eigenvalue weighted by Gasteiger charge is 2.72. The van der Waals surface area contributed by atoms with Crippen molar-refractivity contribution in [2.24, 2.45) is 0 Å². The van der Waals surface area contributed by atoms with Crippen LogP contribution in [0.3, 0.4) is 0 Å². The van der Waals surface area contributed by atoms with Crippen LogP contribution in [0.25, 0.3) is 0 Å². The lowest BCUT2D eigenvalue weighted by Crippen LogP contribution is -2.52. The third kappa shape index (κ3) is 6.94. The molecule has 0 rings (SSSR count). The number of esters is 2. The lowest BCUT2D eigenvalue weighted by molar-refractivity contribution is -0.356. The minimum atomic E-state index is -6.58. The molecule has 0 fully saturated rings. The predicted molar refractivity (Wildman–Crippen MR) is 71.5 cm³/mol. The number of carbonyl (C=O) groups is 2. The van der Waals surface area contributed by atoms with Gasteiger partial charge in [-0.25, -0.2) is 9.59 Å². The first kappa shape index (κ1) is 25.1. The topological polar surface area (TPSA) is 52.6 Å². The first-order valence-electron chi connectivity index (χ1n) is 7.07. The van der Waals surface area contributed by atoms with Gasteiger partial charge in [-0.05, 0) is 13.3 Å². The number of hydrogen-bond acceptors (Lipinski definition) is 4. The van der Waals surface area contributed by atoms with Crippen LogP contribution < -0.4 is 0 Å². The van der Waals surface area contributed by atoms with Gasteiger partial charge in [0.2, 0.25) is 0 Å². The first-order chi connectivity index (χ1) is 11.8. The van der Waals surface area contributed by atoms with Crippen LogP contribution in [0.2, 0.25) is 0 Å². The smallest absolute Gasteiger partial charge is 0.458 e. The molecule has 0 radical (unpaired) electrons. The van der Waals surface area contributed by atoms with Crippen molar-refractivity contribution >= 4 is 11.9 Å². The van der Waals surface area contributed by atoms with Crippen LogP contribution in [0.15, 0.2) is 12.2 Å². The highest BCUT2D eigenvalue weighted by Crippen LogP contribution is 2.48. The molecule has 158 valence electrons. The molecule has 0 N–H and O–H groups in total. The standard InChI is InChI=1S/C14H15F9O4/c1-7(2)9(24)26-6-8(27-10(25)11(3,15)16)4-5-12(17,18)13(19,20)14(21,22)23/h8H,1,4-6H2,2-3H3. The second-order valence-corrected chi connectivity index (χ2v) is 5.61. The van der Waals surface area contributed by atoms with Crippen molar-refractivity contribution < 1.29 is 58.6 Å². The van der Waals surface area contributed by atoms with Crippen LogP contribution in [0.5, 0.6) is 0 Å². The Kier molecular flexibility index (Phi) is 7.77. The monoisotopic (exact) mass is 418 g/mol. The summed E-state index contributed by atoms with van der Waals surface area (Å²) in [6.07, 6.45) is -12.3. The van der Waals surface area contributed by atoms with E-state index < -0.39 is 61.4 Å². The van der Waals surface area contributed by atoms with E-state index in [1.54, 1.807) is 0 Å². The molecule has 0 heterocycles. The van der Waals surface area contributed by atoms with Gasteiger partial charge in [0.1, 0.15) is 12.7 Å². The van der Waals surface area contributed by atoms with Crippen LogP contribution in [0.1, 0.15) is 26.7 Å². The first-order valence-corrected chi connectivity index (χ1v) is 7.07. The molecule has 13 heteroatoms. The highest BCUT2D eigenvalue weighted by atomic mass is 19.4. The Morgan fingerprint density at radius 1 is 1.00 bits per heavy atom. The molecule has 1 unspecified atom stereocenters. The van der Waals surface area contributed by atoms with E-state index in [2.05, 4.69) is 16.1 Å². The Hall–Kier alpha value is -1.95. The lowest BCUT2D eigenvalue weighted by atomic mass is 10.0. The van der Waals surface area contributed by atoms with Gasteiger partial charge in [0.05, 0.1) is 0 Å². The average molecular weight is 418 g/mol. The van der Waals surface area contributed by atoms with Gasteiger partial charge in [0.25, 0.3) is 0 Å². The summed E-state index contributed by atoms with van der Waals surface area (Å²) in [5, 5.41) is 0.